The van der Waals surface area contributed by atoms with Crippen molar-refractivity contribution < 1.29 is 67.9 Å². The Balaban J connectivity index is 1.01. The monoisotopic (exact) mass is 930 g/mol. The molecule has 2 aliphatic heterocycles. The summed E-state index contributed by atoms with van der Waals surface area (Å²) in [6.45, 7) is 9.07. The Bertz CT molecular complexity index is 2150. The van der Waals surface area contributed by atoms with Crippen molar-refractivity contribution in [1.82, 2.24) is 0 Å². The Hall–Kier alpha value is -3.80. The van der Waals surface area contributed by atoms with E-state index in [2.05, 4.69) is 6.92 Å². The van der Waals surface area contributed by atoms with E-state index < -0.39 is 101 Å². The molecule has 6 aliphatic rings. The van der Waals surface area contributed by atoms with Gasteiger partial charge in [0, 0.05) is 45.1 Å². The molecule has 3 saturated carbocycles. The largest absolute Gasteiger partial charge is 0.458 e. The molecule has 2 aromatic rings. The lowest BCUT2D eigenvalue weighted by molar-refractivity contribution is -0.328. The van der Waals surface area contributed by atoms with Gasteiger partial charge in [0.05, 0.1) is 35.9 Å². The van der Waals surface area contributed by atoms with E-state index in [1.165, 1.54) is 12.2 Å². The van der Waals surface area contributed by atoms with E-state index in [9.17, 15) is 30.0 Å². The number of carbonyl (C=O) groups is 2. The van der Waals surface area contributed by atoms with Gasteiger partial charge in [-0.05, 0) is 94.4 Å². The summed E-state index contributed by atoms with van der Waals surface area (Å²) < 4.78 is 49.3. The highest BCUT2D eigenvalue weighted by Crippen LogP contribution is 2.71. The minimum atomic E-state index is -1.98. The predicted molar refractivity (Wildman–Crippen MR) is 247 cm³/mol. The van der Waals surface area contributed by atoms with E-state index in [4.69, 9.17) is 37.9 Å². The third kappa shape index (κ3) is 9.01. The van der Waals surface area contributed by atoms with Gasteiger partial charge in [0.15, 0.2) is 12.6 Å². The third-order valence-electron chi connectivity index (χ3n) is 16.8. The molecule has 2 saturated heterocycles. The van der Waals surface area contributed by atoms with E-state index in [0.717, 1.165) is 16.7 Å². The van der Waals surface area contributed by atoms with Crippen molar-refractivity contribution >= 4 is 24.1 Å². The third-order valence-corrected chi connectivity index (χ3v) is 16.8. The van der Waals surface area contributed by atoms with Gasteiger partial charge in [-0.3, -0.25) is 0 Å². The van der Waals surface area contributed by atoms with E-state index >= 15 is 0 Å². The highest BCUT2D eigenvalue weighted by Gasteiger charge is 2.81. The quantitative estimate of drug-likeness (QED) is 0.101. The first kappa shape index (κ1) is 49.6. The van der Waals surface area contributed by atoms with E-state index in [0.29, 0.717) is 32.1 Å². The van der Waals surface area contributed by atoms with Crippen molar-refractivity contribution in [2.75, 3.05) is 14.2 Å². The lowest BCUT2D eigenvalue weighted by atomic mass is 9.42. The number of esters is 2. The molecular weight excluding hydrogens is 861 g/mol. The average molecular weight is 931 g/mol. The molecule has 8 rings (SSSR count). The summed E-state index contributed by atoms with van der Waals surface area (Å²) in [6, 6.07) is 18.6. The second-order valence-electron chi connectivity index (χ2n) is 20.2. The van der Waals surface area contributed by atoms with Crippen LogP contribution in [0.25, 0.3) is 12.2 Å². The maximum Gasteiger partial charge on any atom is 0.331 e. The summed E-state index contributed by atoms with van der Waals surface area (Å²) in [5, 5.41) is 49.9. The Morgan fingerprint density at radius 3 is 2.01 bits per heavy atom. The number of methoxy groups -OCH3 is 2. The van der Waals surface area contributed by atoms with Crippen LogP contribution in [0.4, 0.5) is 0 Å². The molecule has 17 atom stereocenters. The zero-order valence-corrected chi connectivity index (χ0v) is 39.8. The van der Waals surface area contributed by atoms with Gasteiger partial charge in [0.2, 0.25) is 0 Å². The van der Waals surface area contributed by atoms with Crippen LogP contribution in [0.1, 0.15) is 104 Å². The van der Waals surface area contributed by atoms with Gasteiger partial charge in [-0.25, -0.2) is 9.59 Å². The molecule has 4 aliphatic carbocycles. The number of fused-ring (bicyclic) bond motifs is 5. The fraction of sp³-hybridized carbons (Fsp3) is 0.623. The van der Waals surface area contributed by atoms with Crippen LogP contribution in [0, 0.1) is 16.7 Å². The van der Waals surface area contributed by atoms with Crippen LogP contribution in [0.2, 0.25) is 0 Å². The number of hydrogen-bond acceptors (Lipinski definition) is 14. The van der Waals surface area contributed by atoms with Crippen molar-refractivity contribution in [2.24, 2.45) is 16.7 Å². The maximum atomic E-state index is 13.9. The molecule has 4 N–H and O–H groups in total. The Morgan fingerprint density at radius 1 is 0.776 bits per heavy atom. The van der Waals surface area contributed by atoms with Gasteiger partial charge < -0.3 is 58.3 Å². The van der Waals surface area contributed by atoms with Crippen LogP contribution in [0.3, 0.4) is 0 Å². The molecule has 5 fully saturated rings. The zero-order valence-electron chi connectivity index (χ0n) is 39.8. The number of hydrogen-bond donors (Lipinski definition) is 4. The smallest absolute Gasteiger partial charge is 0.331 e. The zero-order chi connectivity index (χ0) is 47.9. The van der Waals surface area contributed by atoms with Gasteiger partial charge in [0.1, 0.15) is 41.2 Å². The molecule has 14 nitrogen and oxygen atoms in total. The predicted octanol–water partition coefficient (Wildman–Crippen LogP) is 6.22. The number of ether oxygens (including phenoxy) is 8. The van der Waals surface area contributed by atoms with Gasteiger partial charge in [-0.15, -0.1) is 0 Å². The number of aliphatic hydroxyl groups excluding tert-OH is 1. The molecule has 2 aromatic carbocycles. The van der Waals surface area contributed by atoms with Crippen molar-refractivity contribution in [3.8, 4) is 0 Å². The van der Waals surface area contributed by atoms with Gasteiger partial charge in [-0.2, -0.15) is 0 Å². The van der Waals surface area contributed by atoms with Crippen LogP contribution in [0.5, 0.6) is 0 Å². The molecule has 2 heterocycles. The summed E-state index contributed by atoms with van der Waals surface area (Å²) in [5.41, 5.74) is -5.31. The summed E-state index contributed by atoms with van der Waals surface area (Å²) in [5.74, 6) is -1.93. The summed E-state index contributed by atoms with van der Waals surface area (Å²) in [7, 11) is 3.20. The average Bonchev–Trinajstić information content (AvgIpc) is 3.55. The highest BCUT2D eigenvalue weighted by atomic mass is 16.7. The molecule has 17 unspecified atom stereocenters. The summed E-state index contributed by atoms with van der Waals surface area (Å²) >= 11 is 0. The van der Waals surface area contributed by atoms with Crippen LogP contribution >= 0.6 is 0 Å². The van der Waals surface area contributed by atoms with Crippen LogP contribution in [-0.2, 0) is 47.5 Å². The van der Waals surface area contributed by atoms with E-state index in [1.807, 2.05) is 73.7 Å². The number of carbonyl (C=O) groups excluding carboxylic acids is 2. The Labute approximate surface area is 394 Å². The van der Waals surface area contributed by atoms with E-state index in [1.54, 1.807) is 47.1 Å². The molecule has 0 aromatic heterocycles. The first-order chi connectivity index (χ1) is 31.9. The Morgan fingerprint density at radius 2 is 1.37 bits per heavy atom. The lowest BCUT2D eigenvalue weighted by Crippen LogP contribution is -2.78. The number of rotatable bonds is 13. The van der Waals surface area contributed by atoms with E-state index in [-0.39, 0.29) is 37.9 Å². The lowest BCUT2D eigenvalue weighted by Gasteiger charge is -2.67. The topological polar surface area (TPSA) is 189 Å². The van der Waals surface area contributed by atoms with Gasteiger partial charge in [-0.1, -0.05) is 86.2 Å². The van der Waals surface area contributed by atoms with Crippen LogP contribution in [-0.4, -0.2) is 131 Å². The SMILES string of the molecule is COC1CC(OC2C(C)OC(OC3CCC4(C)C(=CCC5(O)C4CC(OC(=O)C=Cc4ccccc4)C4(C)C(O)(C(C)OC(=O)C=Cc6ccccc6)CCC54O)C3)CC2OC)OC(C)C1O. The molecule has 0 amide bonds. The standard InChI is InChI=1S/C53H70O14/c1-32-47(56)39(60-6)29-46(62-32)67-48-33(2)63-45(30-40(48)61-7)65-38-23-24-49(4)37(28-38)22-25-52(58)41(49)31-42(66-44(55)21-19-36-16-12-9-13-17-36)50(5)51(57,26-27-53(50,52)59)34(3)64-43(54)20-18-35-14-10-8-11-15-35/h8-22,32-34,38-42,45-48,56-59H,23-31H2,1-7H3. The van der Waals surface area contributed by atoms with Crippen molar-refractivity contribution in [2.45, 2.75) is 177 Å². The summed E-state index contributed by atoms with van der Waals surface area (Å²) in [4.78, 5) is 27.2. The highest BCUT2D eigenvalue weighted by molar-refractivity contribution is 5.88. The molecular formula is C53H70O14. The normalized spacial score (nSPS) is 42.3. The van der Waals surface area contributed by atoms with Gasteiger partial charge >= 0.3 is 11.9 Å². The molecule has 0 radical (unpaired) electrons. The fourth-order valence-corrected chi connectivity index (χ4v) is 12.8. The first-order valence-corrected chi connectivity index (χ1v) is 24.0. The minimum Gasteiger partial charge on any atom is -0.458 e. The first-order valence-electron chi connectivity index (χ1n) is 24.0. The van der Waals surface area contributed by atoms with Crippen molar-refractivity contribution in [1.29, 1.82) is 0 Å². The Kier molecular flexibility index (Phi) is 14.5. The van der Waals surface area contributed by atoms with Crippen molar-refractivity contribution in [3.05, 3.63) is 95.6 Å². The van der Waals surface area contributed by atoms with Gasteiger partial charge in [0.25, 0.3) is 0 Å². The number of aliphatic hydroxyl groups is 4. The molecule has 366 valence electrons. The van der Waals surface area contributed by atoms with Crippen molar-refractivity contribution in [3.63, 3.8) is 0 Å². The summed E-state index contributed by atoms with van der Waals surface area (Å²) in [6.07, 6.45) is 4.07. The molecule has 0 spiro atoms. The van der Waals surface area contributed by atoms with Crippen LogP contribution < -0.4 is 0 Å². The second kappa shape index (κ2) is 19.5. The minimum absolute atomic E-state index is 0.0270. The number of benzene rings is 2. The maximum absolute atomic E-state index is 13.9. The fourth-order valence-electron chi connectivity index (χ4n) is 12.8. The second-order valence-corrected chi connectivity index (χ2v) is 20.2. The molecule has 14 heteroatoms. The molecule has 0 bridgehead atoms. The van der Waals surface area contributed by atoms with Crippen LogP contribution in [0.15, 0.2) is 84.5 Å². The molecule has 67 heavy (non-hydrogen) atoms.